The molecule has 132 valence electrons. The van der Waals surface area contributed by atoms with Crippen LogP contribution in [-0.2, 0) is 13.0 Å². The lowest BCUT2D eigenvalue weighted by Gasteiger charge is -2.21. The summed E-state index contributed by atoms with van der Waals surface area (Å²) in [7, 11) is 3.94. The average molecular weight is 355 g/mol. The first kappa shape index (κ1) is 16.6. The highest BCUT2D eigenvalue weighted by Crippen LogP contribution is 2.59. The van der Waals surface area contributed by atoms with Crippen LogP contribution in [0.3, 0.4) is 0 Å². The molecule has 0 aliphatic heterocycles. The van der Waals surface area contributed by atoms with Gasteiger partial charge >= 0.3 is 0 Å². The van der Waals surface area contributed by atoms with Crippen LogP contribution in [0.1, 0.15) is 34.2 Å². The molecule has 0 spiro atoms. The van der Waals surface area contributed by atoms with E-state index in [9.17, 15) is 0 Å². The number of aromatic nitrogens is 1. The first-order valence-electron chi connectivity index (χ1n) is 9.08. The van der Waals surface area contributed by atoms with E-state index in [4.69, 9.17) is 0 Å². The molecule has 1 aromatic carbocycles. The van der Waals surface area contributed by atoms with E-state index in [0.717, 1.165) is 47.5 Å². The Balaban J connectivity index is 1.35. The zero-order valence-corrected chi connectivity index (χ0v) is 16.0. The van der Waals surface area contributed by atoms with Gasteiger partial charge in [0.15, 0.2) is 5.96 Å². The molecule has 1 fully saturated rings. The lowest BCUT2D eigenvalue weighted by Crippen LogP contribution is -2.39. The molecule has 3 atom stereocenters. The molecule has 0 radical (unpaired) electrons. The highest BCUT2D eigenvalue weighted by molar-refractivity contribution is 7.09. The predicted molar refractivity (Wildman–Crippen MR) is 104 cm³/mol. The molecule has 2 aliphatic rings. The van der Waals surface area contributed by atoms with Crippen molar-refractivity contribution in [2.75, 3.05) is 20.6 Å². The standard InChI is InChI=1S/C20H26N4S/c1-13-23-15(12-25-13)11-24(3)20(21-2)22-10-18-17-9-8-14-6-4-5-7-16(14)19(17)18/h4-7,12,17-19H,8-11H2,1-3H3,(H,21,22). The number of rotatable bonds is 4. The molecule has 0 amide bonds. The maximum atomic E-state index is 4.55. The van der Waals surface area contributed by atoms with E-state index in [1.807, 2.05) is 14.0 Å². The SMILES string of the molecule is CN=C(NCC1C2CCc3ccccc3C21)N(C)Cc1csc(C)n1. The molecular formula is C20H26N4S. The number of fused-ring (bicyclic) bond motifs is 3. The van der Waals surface area contributed by atoms with Gasteiger partial charge in [-0.1, -0.05) is 24.3 Å². The predicted octanol–water partition coefficient (Wildman–Crippen LogP) is 3.43. The highest BCUT2D eigenvalue weighted by Gasteiger charge is 2.52. The Labute approximate surface area is 154 Å². The van der Waals surface area contributed by atoms with Crippen molar-refractivity contribution < 1.29 is 0 Å². The van der Waals surface area contributed by atoms with Gasteiger partial charge in [-0.05, 0) is 48.6 Å². The number of aliphatic imine (C=N–C) groups is 1. The smallest absolute Gasteiger partial charge is 0.193 e. The van der Waals surface area contributed by atoms with E-state index < -0.39 is 0 Å². The second kappa shape index (κ2) is 6.79. The molecule has 1 N–H and O–H groups in total. The zero-order valence-electron chi connectivity index (χ0n) is 15.2. The third kappa shape index (κ3) is 3.30. The minimum atomic E-state index is 0.746. The molecule has 1 aromatic heterocycles. The molecular weight excluding hydrogens is 328 g/mol. The van der Waals surface area contributed by atoms with E-state index in [2.05, 4.69) is 56.9 Å². The monoisotopic (exact) mass is 354 g/mol. The summed E-state index contributed by atoms with van der Waals surface area (Å²) >= 11 is 1.70. The fraction of sp³-hybridized carbons (Fsp3) is 0.500. The van der Waals surface area contributed by atoms with Crippen LogP contribution in [0, 0.1) is 18.8 Å². The van der Waals surface area contributed by atoms with Crippen LogP contribution in [-0.4, -0.2) is 36.5 Å². The lowest BCUT2D eigenvalue weighted by molar-refractivity contribution is 0.466. The lowest BCUT2D eigenvalue weighted by atomic mass is 9.92. The minimum absolute atomic E-state index is 0.746. The molecule has 0 bridgehead atoms. The van der Waals surface area contributed by atoms with Crippen molar-refractivity contribution in [2.45, 2.75) is 32.2 Å². The number of thiazole rings is 1. The first-order valence-corrected chi connectivity index (χ1v) is 9.96. The summed E-state index contributed by atoms with van der Waals surface area (Å²) in [6, 6.07) is 8.99. The topological polar surface area (TPSA) is 40.5 Å². The first-order chi connectivity index (χ1) is 12.2. The number of nitrogens with one attached hydrogen (secondary N) is 1. The van der Waals surface area contributed by atoms with Crippen molar-refractivity contribution in [1.82, 2.24) is 15.2 Å². The number of hydrogen-bond acceptors (Lipinski definition) is 3. The van der Waals surface area contributed by atoms with Crippen LogP contribution in [0.4, 0.5) is 0 Å². The van der Waals surface area contributed by atoms with Crippen molar-refractivity contribution in [3.8, 4) is 0 Å². The second-order valence-corrected chi connectivity index (χ2v) is 8.30. The average Bonchev–Trinajstić information content (AvgIpc) is 3.19. The summed E-state index contributed by atoms with van der Waals surface area (Å²) in [5, 5.41) is 6.85. The zero-order chi connectivity index (χ0) is 17.4. The molecule has 2 aromatic rings. The van der Waals surface area contributed by atoms with Crippen molar-refractivity contribution in [3.05, 3.63) is 51.5 Å². The molecule has 4 nitrogen and oxygen atoms in total. The summed E-state index contributed by atoms with van der Waals surface area (Å²) in [6.45, 7) is 3.86. The van der Waals surface area contributed by atoms with E-state index in [1.165, 1.54) is 12.8 Å². The molecule has 1 heterocycles. The van der Waals surface area contributed by atoms with E-state index in [0.29, 0.717) is 0 Å². The van der Waals surface area contributed by atoms with Crippen molar-refractivity contribution in [2.24, 2.45) is 16.8 Å². The van der Waals surface area contributed by atoms with Crippen LogP contribution in [0.15, 0.2) is 34.6 Å². The number of hydrogen-bond donors (Lipinski definition) is 1. The largest absolute Gasteiger partial charge is 0.356 e. The van der Waals surface area contributed by atoms with E-state index in [1.54, 1.807) is 22.5 Å². The van der Waals surface area contributed by atoms with Crippen LogP contribution in [0.5, 0.6) is 0 Å². The molecule has 4 rings (SSSR count). The van der Waals surface area contributed by atoms with Gasteiger partial charge in [0, 0.05) is 26.0 Å². The van der Waals surface area contributed by atoms with Gasteiger partial charge in [-0.15, -0.1) is 11.3 Å². The second-order valence-electron chi connectivity index (χ2n) is 7.23. The summed E-state index contributed by atoms with van der Waals surface area (Å²) in [5.41, 5.74) is 4.26. The molecule has 3 unspecified atom stereocenters. The fourth-order valence-electron chi connectivity index (χ4n) is 4.38. The van der Waals surface area contributed by atoms with E-state index >= 15 is 0 Å². The summed E-state index contributed by atoms with van der Waals surface area (Å²) in [5.74, 6) is 3.31. The van der Waals surface area contributed by atoms with Gasteiger partial charge in [0.25, 0.3) is 0 Å². The van der Waals surface area contributed by atoms with Crippen LogP contribution < -0.4 is 5.32 Å². The Morgan fingerprint density at radius 1 is 1.40 bits per heavy atom. The molecule has 25 heavy (non-hydrogen) atoms. The molecule has 1 saturated carbocycles. The van der Waals surface area contributed by atoms with Crippen LogP contribution >= 0.6 is 11.3 Å². The van der Waals surface area contributed by atoms with Gasteiger partial charge < -0.3 is 10.2 Å². The van der Waals surface area contributed by atoms with Crippen LogP contribution in [0.25, 0.3) is 0 Å². The Morgan fingerprint density at radius 2 is 2.24 bits per heavy atom. The molecule has 5 heteroatoms. The van der Waals surface area contributed by atoms with E-state index in [-0.39, 0.29) is 0 Å². The van der Waals surface area contributed by atoms with Gasteiger partial charge in [-0.3, -0.25) is 4.99 Å². The third-order valence-electron chi connectivity index (χ3n) is 5.63. The van der Waals surface area contributed by atoms with Gasteiger partial charge in [0.05, 0.1) is 17.2 Å². The number of benzene rings is 1. The fourth-order valence-corrected chi connectivity index (χ4v) is 4.98. The van der Waals surface area contributed by atoms with Crippen molar-refractivity contribution in [1.29, 1.82) is 0 Å². The Bertz CT molecular complexity index is 782. The summed E-state index contributed by atoms with van der Waals surface area (Å²) in [6.07, 6.45) is 2.58. The number of guanidine groups is 1. The maximum Gasteiger partial charge on any atom is 0.193 e. The van der Waals surface area contributed by atoms with Gasteiger partial charge in [-0.25, -0.2) is 4.98 Å². The normalized spacial score (nSPS) is 24.4. The molecule has 0 saturated heterocycles. The Hall–Kier alpha value is -1.88. The number of aryl methyl sites for hydroxylation is 2. The van der Waals surface area contributed by atoms with Crippen molar-refractivity contribution in [3.63, 3.8) is 0 Å². The van der Waals surface area contributed by atoms with Crippen LogP contribution in [0.2, 0.25) is 0 Å². The maximum absolute atomic E-state index is 4.55. The van der Waals surface area contributed by atoms with Gasteiger partial charge in [0.2, 0.25) is 0 Å². The summed E-state index contributed by atoms with van der Waals surface area (Å²) in [4.78, 5) is 11.2. The summed E-state index contributed by atoms with van der Waals surface area (Å²) < 4.78 is 0. The van der Waals surface area contributed by atoms with Gasteiger partial charge in [-0.2, -0.15) is 0 Å². The van der Waals surface area contributed by atoms with Crippen molar-refractivity contribution >= 4 is 17.3 Å². The third-order valence-corrected chi connectivity index (χ3v) is 6.45. The minimum Gasteiger partial charge on any atom is -0.356 e. The highest BCUT2D eigenvalue weighted by atomic mass is 32.1. The number of nitrogens with zero attached hydrogens (tertiary/aromatic N) is 3. The Morgan fingerprint density at radius 3 is 3.00 bits per heavy atom. The van der Waals surface area contributed by atoms with Gasteiger partial charge in [0.1, 0.15) is 0 Å². The Kier molecular flexibility index (Phi) is 4.50. The quantitative estimate of drug-likeness (QED) is 0.675. The molecule has 2 aliphatic carbocycles.